The van der Waals surface area contributed by atoms with Crippen LogP contribution in [-0.4, -0.2) is 11.0 Å². The lowest BCUT2D eigenvalue weighted by Gasteiger charge is -2.14. The van der Waals surface area contributed by atoms with E-state index in [1.54, 1.807) is 12.3 Å². The first kappa shape index (κ1) is 13.1. The SMILES string of the molecule is CC(Cc1ccco1)Nc1cc([N+](=O)[O-])ccc1F. The Bertz CT molecular complexity index is 569. The van der Waals surface area contributed by atoms with E-state index in [1.165, 1.54) is 6.07 Å². The van der Waals surface area contributed by atoms with Crippen LogP contribution in [0.2, 0.25) is 0 Å². The van der Waals surface area contributed by atoms with Crippen molar-refractivity contribution in [3.8, 4) is 0 Å². The predicted molar refractivity (Wildman–Crippen MR) is 68.6 cm³/mol. The van der Waals surface area contributed by atoms with Crippen molar-refractivity contribution in [1.29, 1.82) is 0 Å². The van der Waals surface area contributed by atoms with Crippen LogP contribution >= 0.6 is 0 Å². The highest BCUT2D eigenvalue weighted by Crippen LogP contribution is 2.22. The third kappa shape index (κ3) is 3.31. The third-order valence-corrected chi connectivity index (χ3v) is 2.65. The number of hydrogen-bond acceptors (Lipinski definition) is 4. The molecule has 2 aromatic rings. The van der Waals surface area contributed by atoms with Gasteiger partial charge in [0.15, 0.2) is 0 Å². The molecule has 1 heterocycles. The van der Waals surface area contributed by atoms with Crippen LogP contribution in [-0.2, 0) is 6.42 Å². The number of furan rings is 1. The van der Waals surface area contributed by atoms with E-state index >= 15 is 0 Å². The quantitative estimate of drug-likeness (QED) is 0.664. The molecule has 1 unspecified atom stereocenters. The van der Waals surface area contributed by atoms with Crippen molar-refractivity contribution in [1.82, 2.24) is 0 Å². The summed E-state index contributed by atoms with van der Waals surface area (Å²) in [6.07, 6.45) is 2.13. The van der Waals surface area contributed by atoms with Crippen LogP contribution in [0.1, 0.15) is 12.7 Å². The molecule has 1 N–H and O–H groups in total. The summed E-state index contributed by atoms with van der Waals surface area (Å²) in [6.45, 7) is 1.85. The molecule has 5 nitrogen and oxygen atoms in total. The molecule has 0 saturated carbocycles. The maximum absolute atomic E-state index is 13.6. The number of benzene rings is 1. The van der Waals surface area contributed by atoms with Gasteiger partial charge in [0, 0.05) is 24.6 Å². The molecule has 0 bridgehead atoms. The predicted octanol–water partition coefficient (Wildman–Crippen LogP) is 3.37. The Labute approximate surface area is 109 Å². The second-order valence-corrected chi connectivity index (χ2v) is 4.25. The summed E-state index contributed by atoms with van der Waals surface area (Å²) in [5, 5.41) is 13.6. The van der Waals surface area contributed by atoms with Crippen molar-refractivity contribution in [2.45, 2.75) is 19.4 Å². The Kier molecular flexibility index (Phi) is 3.79. The van der Waals surface area contributed by atoms with Crippen LogP contribution in [0, 0.1) is 15.9 Å². The highest BCUT2D eigenvalue weighted by molar-refractivity contribution is 5.52. The fourth-order valence-electron chi connectivity index (χ4n) is 1.78. The number of anilines is 1. The fourth-order valence-corrected chi connectivity index (χ4v) is 1.78. The molecule has 0 aliphatic carbocycles. The second kappa shape index (κ2) is 5.51. The number of nitro benzene ring substituents is 1. The lowest BCUT2D eigenvalue weighted by molar-refractivity contribution is -0.384. The molecule has 1 aromatic heterocycles. The van der Waals surface area contributed by atoms with Gasteiger partial charge in [-0.3, -0.25) is 10.1 Å². The molecule has 0 aliphatic heterocycles. The van der Waals surface area contributed by atoms with Gasteiger partial charge in [-0.1, -0.05) is 0 Å². The zero-order valence-electron chi connectivity index (χ0n) is 10.3. The van der Waals surface area contributed by atoms with Gasteiger partial charge < -0.3 is 9.73 Å². The lowest BCUT2D eigenvalue weighted by Crippen LogP contribution is -2.18. The normalized spacial score (nSPS) is 12.1. The largest absolute Gasteiger partial charge is 0.469 e. The Morgan fingerprint density at radius 3 is 2.89 bits per heavy atom. The Balaban J connectivity index is 2.09. The van der Waals surface area contributed by atoms with E-state index < -0.39 is 10.7 Å². The number of hydrogen-bond donors (Lipinski definition) is 1. The molecule has 0 saturated heterocycles. The minimum Gasteiger partial charge on any atom is -0.469 e. The van der Waals surface area contributed by atoms with Crippen LogP contribution < -0.4 is 5.32 Å². The highest BCUT2D eigenvalue weighted by atomic mass is 19.1. The standard InChI is InChI=1S/C13H13FN2O3/c1-9(7-11-3-2-6-19-11)15-13-8-10(16(17)18)4-5-12(13)14/h2-6,8-9,15H,7H2,1H3. The van der Waals surface area contributed by atoms with Gasteiger partial charge in [-0.25, -0.2) is 4.39 Å². The first-order valence-electron chi connectivity index (χ1n) is 5.79. The topological polar surface area (TPSA) is 68.3 Å². The molecule has 19 heavy (non-hydrogen) atoms. The molecule has 0 spiro atoms. The molecule has 0 radical (unpaired) electrons. The van der Waals surface area contributed by atoms with Crippen LogP contribution in [0.3, 0.4) is 0 Å². The Morgan fingerprint density at radius 1 is 1.47 bits per heavy atom. The van der Waals surface area contributed by atoms with Gasteiger partial charge in [-0.15, -0.1) is 0 Å². The Morgan fingerprint density at radius 2 is 2.26 bits per heavy atom. The molecule has 1 aromatic carbocycles. The van der Waals surface area contributed by atoms with Gasteiger partial charge in [0.05, 0.1) is 16.9 Å². The van der Waals surface area contributed by atoms with Crippen LogP contribution in [0.15, 0.2) is 41.0 Å². The van der Waals surface area contributed by atoms with E-state index in [9.17, 15) is 14.5 Å². The summed E-state index contributed by atoms with van der Waals surface area (Å²) >= 11 is 0. The van der Waals surface area contributed by atoms with Crippen molar-refractivity contribution >= 4 is 11.4 Å². The van der Waals surface area contributed by atoms with E-state index in [4.69, 9.17) is 4.42 Å². The average Bonchev–Trinajstić information content (AvgIpc) is 2.84. The third-order valence-electron chi connectivity index (χ3n) is 2.65. The van der Waals surface area contributed by atoms with E-state index in [1.807, 2.05) is 13.0 Å². The molecular weight excluding hydrogens is 251 g/mol. The van der Waals surface area contributed by atoms with Crippen LogP contribution in [0.25, 0.3) is 0 Å². The summed E-state index contributed by atoms with van der Waals surface area (Å²) in [4.78, 5) is 10.1. The zero-order chi connectivity index (χ0) is 13.8. The summed E-state index contributed by atoms with van der Waals surface area (Å²) in [7, 11) is 0. The van der Waals surface area contributed by atoms with E-state index in [0.717, 1.165) is 17.9 Å². The molecule has 2 rings (SSSR count). The average molecular weight is 264 g/mol. The number of non-ortho nitro benzene ring substituents is 1. The van der Waals surface area contributed by atoms with Gasteiger partial charge in [0.2, 0.25) is 0 Å². The van der Waals surface area contributed by atoms with Gasteiger partial charge in [-0.2, -0.15) is 0 Å². The molecular formula is C13H13FN2O3. The first-order chi connectivity index (χ1) is 9.06. The highest BCUT2D eigenvalue weighted by Gasteiger charge is 2.13. The zero-order valence-corrected chi connectivity index (χ0v) is 10.3. The molecule has 0 amide bonds. The fraction of sp³-hybridized carbons (Fsp3) is 0.231. The van der Waals surface area contributed by atoms with Crippen molar-refractivity contribution in [2.75, 3.05) is 5.32 Å². The maximum atomic E-state index is 13.6. The van der Waals surface area contributed by atoms with Gasteiger partial charge in [0.1, 0.15) is 11.6 Å². The summed E-state index contributed by atoms with van der Waals surface area (Å²) in [5.41, 5.74) is -0.0256. The number of rotatable bonds is 5. The smallest absolute Gasteiger partial charge is 0.271 e. The van der Waals surface area contributed by atoms with Crippen LogP contribution in [0.5, 0.6) is 0 Å². The monoisotopic (exact) mass is 264 g/mol. The summed E-state index contributed by atoms with van der Waals surface area (Å²) in [5.74, 6) is 0.253. The van der Waals surface area contributed by atoms with Crippen molar-refractivity contribution in [2.24, 2.45) is 0 Å². The first-order valence-corrected chi connectivity index (χ1v) is 5.79. The molecule has 1 atom stereocenters. The lowest BCUT2D eigenvalue weighted by atomic mass is 10.1. The minimum atomic E-state index is -0.554. The van der Waals surface area contributed by atoms with E-state index in [2.05, 4.69) is 5.32 Å². The van der Waals surface area contributed by atoms with E-state index in [0.29, 0.717) is 6.42 Å². The van der Waals surface area contributed by atoms with Gasteiger partial charge >= 0.3 is 0 Å². The number of nitro groups is 1. The van der Waals surface area contributed by atoms with Crippen LogP contribution in [0.4, 0.5) is 15.8 Å². The minimum absolute atomic E-state index is 0.109. The number of halogens is 1. The molecule has 6 heteroatoms. The summed E-state index contributed by atoms with van der Waals surface area (Å²) in [6, 6.07) is 6.90. The molecule has 100 valence electrons. The van der Waals surface area contributed by atoms with E-state index in [-0.39, 0.29) is 17.4 Å². The van der Waals surface area contributed by atoms with Gasteiger partial charge in [0.25, 0.3) is 5.69 Å². The molecule has 0 aliphatic rings. The summed E-state index contributed by atoms with van der Waals surface area (Å²) < 4.78 is 18.8. The number of nitrogens with one attached hydrogen (secondary N) is 1. The van der Waals surface area contributed by atoms with Crippen molar-refractivity contribution < 1.29 is 13.7 Å². The molecule has 0 fully saturated rings. The second-order valence-electron chi connectivity index (χ2n) is 4.25. The maximum Gasteiger partial charge on any atom is 0.271 e. The van der Waals surface area contributed by atoms with Gasteiger partial charge in [-0.05, 0) is 25.1 Å². The van der Waals surface area contributed by atoms with Crippen molar-refractivity contribution in [3.05, 3.63) is 58.3 Å². The number of nitrogens with zero attached hydrogens (tertiary/aromatic N) is 1. The Hall–Kier alpha value is -2.37. The van der Waals surface area contributed by atoms with Crippen molar-refractivity contribution in [3.63, 3.8) is 0 Å².